The molecule has 33 heavy (non-hydrogen) atoms. The first kappa shape index (κ1) is 25.0. The molecular formula is C28H46O5. The van der Waals surface area contributed by atoms with Crippen LogP contribution < -0.4 is 0 Å². The Bertz CT molecular complexity index is 713. The third-order valence-corrected chi connectivity index (χ3v) is 11.0. The Morgan fingerprint density at radius 3 is 2.42 bits per heavy atom. The van der Waals surface area contributed by atoms with Crippen LogP contribution in [-0.2, 0) is 14.3 Å². The summed E-state index contributed by atoms with van der Waals surface area (Å²) in [5.41, 5.74) is 0.882. The molecule has 5 rings (SSSR count). The van der Waals surface area contributed by atoms with Crippen LogP contribution in [0.2, 0.25) is 0 Å². The average Bonchev–Trinajstić information content (AvgIpc) is 3.39. The summed E-state index contributed by atoms with van der Waals surface area (Å²) in [5, 5.41) is 19.3. The fourth-order valence-electron chi connectivity index (χ4n) is 9.24. The minimum Gasteiger partial charge on any atom is -0.481 e. The van der Waals surface area contributed by atoms with Gasteiger partial charge >= 0.3 is 11.9 Å². The molecule has 1 heterocycles. The van der Waals surface area contributed by atoms with E-state index in [1.54, 1.807) is 0 Å². The van der Waals surface area contributed by atoms with E-state index in [0.29, 0.717) is 42.1 Å². The van der Waals surface area contributed by atoms with Crippen molar-refractivity contribution in [1.29, 1.82) is 0 Å². The fraction of sp³-hybridized carbons (Fsp3) is 0.929. The molecule has 188 valence electrons. The van der Waals surface area contributed by atoms with E-state index in [0.717, 1.165) is 49.4 Å². The predicted octanol–water partition coefficient (Wildman–Crippen LogP) is 5.83. The van der Waals surface area contributed by atoms with Crippen LogP contribution in [0.5, 0.6) is 0 Å². The minimum absolute atomic E-state index is 0.0463. The number of fused-ring (bicyclic) bond motifs is 5. The second kappa shape index (κ2) is 9.87. The lowest BCUT2D eigenvalue weighted by atomic mass is 9.44. The Labute approximate surface area is 200 Å². The molecule has 1 saturated heterocycles. The SMILES string of the molecule is C[C@H](CCC(=O)O)[C@H]1CC[C@H]2[C@@H]3CC[C@@H]4C[C@H](O)CC[C@]4(C)[C@H]3CC[C@]12C.O=C1CCCO1. The lowest BCUT2D eigenvalue weighted by Crippen LogP contribution is -2.54. The second-order valence-electron chi connectivity index (χ2n) is 12.5. The van der Waals surface area contributed by atoms with Gasteiger partial charge in [0, 0.05) is 12.8 Å². The van der Waals surface area contributed by atoms with Gasteiger partial charge in [0.2, 0.25) is 0 Å². The first-order valence-electron chi connectivity index (χ1n) is 13.7. The van der Waals surface area contributed by atoms with Crippen LogP contribution in [0.1, 0.15) is 104 Å². The first-order chi connectivity index (χ1) is 15.6. The van der Waals surface area contributed by atoms with Gasteiger partial charge in [-0.05, 0) is 117 Å². The molecule has 4 saturated carbocycles. The van der Waals surface area contributed by atoms with E-state index in [2.05, 4.69) is 25.5 Å². The Morgan fingerprint density at radius 2 is 1.79 bits per heavy atom. The lowest BCUT2D eigenvalue weighted by molar-refractivity contribution is -0.139. The molecule has 5 aliphatic rings. The van der Waals surface area contributed by atoms with Gasteiger partial charge in [-0.3, -0.25) is 9.59 Å². The van der Waals surface area contributed by atoms with E-state index >= 15 is 0 Å². The summed E-state index contributed by atoms with van der Waals surface area (Å²) in [7, 11) is 0. The number of ether oxygens (including phenoxy) is 1. The molecule has 0 amide bonds. The molecule has 0 unspecified atom stereocenters. The highest BCUT2D eigenvalue weighted by atomic mass is 16.5. The molecule has 4 aliphatic carbocycles. The summed E-state index contributed by atoms with van der Waals surface area (Å²) in [6.45, 7) is 8.07. The number of carboxylic acid groups (broad SMARTS) is 1. The molecule has 2 N–H and O–H groups in total. The molecule has 0 aromatic heterocycles. The standard InChI is InChI=1S/C24H40O3.C4H6O2/c1-15(4-9-22(26)27)19-7-8-20-18-6-5-16-14-17(25)10-12-23(16,2)21(18)11-13-24(19,20)3;5-4-2-1-3-6-4/h15-21,25H,4-14H2,1-3H3,(H,26,27);1-3H2/t15-,16-,17-,18+,19-,20+,21+,23+,24-;/m1./s1. The number of carbonyl (C=O) groups excluding carboxylic acids is 1. The molecule has 0 radical (unpaired) electrons. The smallest absolute Gasteiger partial charge is 0.305 e. The molecule has 5 nitrogen and oxygen atoms in total. The maximum absolute atomic E-state index is 11.0. The predicted molar refractivity (Wildman–Crippen MR) is 127 cm³/mol. The second-order valence-corrected chi connectivity index (χ2v) is 12.5. The van der Waals surface area contributed by atoms with E-state index in [-0.39, 0.29) is 12.1 Å². The number of esters is 1. The van der Waals surface area contributed by atoms with Gasteiger partial charge in [0.1, 0.15) is 0 Å². The van der Waals surface area contributed by atoms with Gasteiger partial charge in [0.15, 0.2) is 0 Å². The number of rotatable bonds is 4. The molecule has 0 bridgehead atoms. The van der Waals surface area contributed by atoms with Crippen molar-refractivity contribution in [3.8, 4) is 0 Å². The number of aliphatic hydroxyl groups excluding tert-OH is 1. The minimum atomic E-state index is -0.643. The van der Waals surface area contributed by atoms with Gasteiger partial charge in [0.25, 0.3) is 0 Å². The quantitative estimate of drug-likeness (QED) is 0.514. The van der Waals surface area contributed by atoms with Crippen LogP contribution in [-0.4, -0.2) is 34.9 Å². The van der Waals surface area contributed by atoms with E-state index in [9.17, 15) is 14.7 Å². The third-order valence-electron chi connectivity index (χ3n) is 11.0. The average molecular weight is 463 g/mol. The zero-order valence-corrected chi connectivity index (χ0v) is 21.1. The van der Waals surface area contributed by atoms with E-state index in [1.807, 2.05) is 0 Å². The Balaban J connectivity index is 0.000000376. The number of hydrogen-bond acceptors (Lipinski definition) is 4. The molecule has 0 spiro atoms. The van der Waals surface area contributed by atoms with E-state index in [1.165, 1.54) is 44.9 Å². The van der Waals surface area contributed by atoms with Crippen LogP contribution >= 0.6 is 0 Å². The number of carboxylic acids is 1. The highest BCUT2D eigenvalue weighted by Gasteiger charge is 2.60. The van der Waals surface area contributed by atoms with Gasteiger partial charge in [-0.25, -0.2) is 0 Å². The highest BCUT2D eigenvalue weighted by Crippen LogP contribution is 2.68. The number of aliphatic hydroxyl groups is 1. The van der Waals surface area contributed by atoms with Crippen molar-refractivity contribution in [2.75, 3.05) is 6.61 Å². The maximum atomic E-state index is 11.0. The van der Waals surface area contributed by atoms with Crippen LogP contribution in [0, 0.1) is 46.3 Å². The van der Waals surface area contributed by atoms with Crippen molar-refractivity contribution in [1.82, 2.24) is 0 Å². The number of carbonyl (C=O) groups is 2. The number of cyclic esters (lactones) is 1. The molecule has 1 aliphatic heterocycles. The topological polar surface area (TPSA) is 83.8 Å². The van der Waals surface area contributed by atoms with Crippen LogP contribution in [0.15, 0.2) is 0 Å². The van der Waals surface area contributed by atoms with Gasteiger partial charge in [0.05, 0.1) is 12.7 Å². The van der Waals surface area contributed by atoms with Crippen molar-refractivity contribution >= 4 is 11.9 Å². The summed E-state index contributed by atoms with van der Waals surface area (Å²) in [5.74, 6) is 3.86. The Hall–Kier alpha value is -1.10. The zero-order valence-electron chi connectivity index (χ0n) is 21.1. The molecule has 5 fully saturated rings. The van der Waals surface area contributed by atoms with Crippen LogP contribution in [0.25, 0.3) is 0 Å². The first-order valence-corrected chi connectivity index (χ1v) is 13.7. The Morgan fingerprint density at radius 1 is 1.06 bits per heavy atom. The summed E-state index contributed by atoms with van der Waals surface area (Å²) in [4.78, 5) is 21.1. The van der Waals surface area contributed by atoms with Gasteiger partial charge in [-0.2, -0.15) is 0 Å². The van der Waals surface area contributed by atoms with Gasteiger partial charge < -0.3 is 14.9 Å². The van der Waals surface area contributed by atoms with Crippen LogP contribution in [0.4, 0.5) is 0 Å². The number of hydrogen-bond donors (Lipinski definition) is 2. The summed E-state index contributed by atoms with van der Waals surface area (Å²) in [6, 6.07) is 0. The van der Waals surface area contributed by atoms with Crippen molar-refractivity contribution in [3.63, 3.8) is 0 Å². The molecular weight excluding hydrogens is 416 g/mol. The molecule has 0 aromatic rings. The monoisotopic (exact) mass is 462 g/mol. The maximum Gasteiger partial charge on any atom is 0.305 e. The highest BCUT2D eigenvalue weighted by molar-refractivity contribution is 5.70. The van der Waals surface area contributed by atoms with Crippen molar-refractivity contribution in [2.45, 2.75) is 110 Å². The fourth-order valence-corrected chi connectivity index (χ4v) is 9.24. The third kappa shape index (κ3) is 4.86. The van der Waals surface area contributed by atoms with Gasteiger partial charge in [-0.15, -0.1) is 0 Å². The van der Waals surface area contributed by atoms with E-state index < -0.39 is 5.97 Å². The van der Waals surface area contributed by atoms with Crippen LogP contribution in [0.3, 0.4) is 0 Å². The normalized spacial score (nSPS) is 45.0. The summed E-state index contributed by atoms with van der Waals surface area (Å²) >= 11 is 0. The lowest BCUT2D eigenvalue weighted by Gasteiger charge is -2.61. The van der Waals surface area contributed by atoms with Gasteiger partial charge in [-0.1, -0.05) is 20.8 Å². The molecule has 5 heteroatoms. The molecule has 0 aromatic carbocycles. The summed E-state index contributed by atoms with van der Waals surface area (Å²) < 4.78 is 4.51. The Kier molecular flexibility index (Phi) is 7.48. The summed E-state index contributed by atoms with van der Waals surface area (Å²) in [6.07, 6.45) is 14.0. The largest absolute Gasteiger partial charge is 0.481 e. The number of aliphatic carboxylic acids is 1. The molecule has 9 atom stereocenters. The van der Waals surface area contributed by atoms with Crippen molar-refractivity contribution in [3.05, 3.63) is 0 Å². The van der Waals surface area contributed by atoms with E-state index in [4.69, 9.17) is 5.11 Å². The van der Waals surface area contributed by atoms with Crippen molar-refractivity contribution < 1.29 is 24.5 Å². The van der Waals surface area contributed by atoms with Crippen molar-refractivity contribution in [2.24, 2.45) is 46.3 Å². The zero-order chi connectivity index (χ0) is 23.8.